The van der Waals surface area contributed by atoms with Crippen LogP contribution in [0.1, 0.15) is 25.8 Å². The molecule has 0 aliphatic carbocycles. The van der Waals surface area contributed by atoms with Crippen LogP contribution in [0.4, 0.5) is 0 Å². The molecule has 1 heterocycles. The minimum absolute atomic E-state index is 0.0832. The van der Waals surface area contributed by atoms with Crippen LogP contribution in [0.3, 0.4) is 0 Å². The molecule has 1 aliphatic heterocycles. The van der Waals surface area contributed by atoms with Crippen molar-refractivity contribution in [3.05, 3.63) is 23.8 Å². The number of carbonyl (C=O) groups is 1. The second-order valence-corrected chi connectivity index (χ2v) is 4.70. The highest BCUT2D eigenvalue weighted by atomic mass is 16.6. The molecule has 98 valence electrons. The number of benzene rings is 1. The Bertz CT molecular complexity index is 429. The lowest BCUT2D eigenvalue weighted by Gasteiger charge is -2.18. The molecule has 4 nitrogen and oxygen atoms in total. The average Bonchev–Trinajstić information content (AvgIpc) is 2.35. The first-order chi connectivity index (χ1) is 8.65. The number of hydrogen-bond acceptors (Lipinski definition) is 3. The van der Waals surface area contributed by atoms with Crippen molar-refractivity contribution in [2.75, 3.05) is 13.2 Å². The van der Waals surface area contributed by atoms with Crippen LogP contribution >= 0.6 is 0 Å². The van der Waals surface area contributed by atoms with Crippen LogP contribution in [-0.4, -0.2) is 25.2 Å². The molecule has 0 unspecified atom stereocenters. The standard InChI is InChI=1S/C14H19NO3/c1-10(2)15-14(16)6-4-11-3-5-12-13(9-11)18-8-7-17-12/h3,5,9-10H,4,6-8H2,1-2H3,(H,15,16). The van der Waals surface area contributed by atoms with E-state index in [2.05, 4.69) is 5.32 Å². The summed E-state index contributed by atoms with van der Waals surface area (Å²) < 4.78 is 11.0. The Labute approximate surface area is 107 Å². The zero-order chi connectivity index (χ0) is 13.0. The van der Waals surface area contributed by atoms with Gasteiger partial charge >= 0.3 is 0 Å². The van der Waals surface area contributed by atoms with Gasteiger partial charge in [0, 0.05) is 12.5 Å². The summed E-state index contributed by atoms with van der Waals surface area (Å²) in [4.78, 5) is 11.5. The molecule has 0 fully saturated rings. The van der Waals surface area contributed by atoms with Crippen molar-refractivity contribution < 1.29 is 14.3 Å². The fourth-order valence-electron chi connectivity index (χ4n) is 1.90. The van der Waals surface area contributed by atoms with Gasteiger partial charge in [-0.3, -0.25) is 4.79 Å². The van der Waals surface area contributed by atoms with Crippen LogP contribution < -0.4 is 14.8 Å². The van der Waals surface area contributed by atoms with Crippen LogP contribution in [0.5, 0.6) is 11.5 Å². The first-order valence-electron chi connectivity index (χ1n) is 6.33. The lowest BCUT2D eigenvalue weighted by atomic mass is 10.1. The van der Waals surface area contributed by atoms with Crippen LogP contribution in [-0.2, 0) is 11.2 Å². The molecule has 0 aromatic heterocycles. The van der Waals surface area contributed by atoms with E-state index in [0.29, 0.717) is 19.6 Å². The first kappa shape index (κ1) is 12.7. The smallest absolute Gasteiger partial charge is 0.220 e. The molecular weight excluding hydrogens is 230 g/mol. The quantitative estimate of drug-likeness (QED) is 0.886. The van der Waals surface area contributed by atoms with Crippen molar-refractivity contribution in [2.24, 2.45) is 0 Å². The summed E-state index contributed by atoms with van der Waals surface area (Å²) in [6, 6.07) is 6.04. The summed E-state index contributed by atoms with van der Waals surface area (Å²) in [5.41, 5.74) is 1.10. The van der Waals surface area contributed by atoms with Gasteiger partial charge in [0.15, 0.2) is 11.5 Å². The van der Waals surface area contributed by atoms with Crippen LogP contribution in [0.2, 0.25) is 0 Å². The molecule has 0 saturated carbocycles. The van der Waals surface area contributed by atoms with Crippen molar-refractivity contribution in [1.29, 1.82) is 0 Å². The summed E-state index contributed by atoms with van der Waals surface area (Å²) in [5.74, 6) is 1.65. The molecule has 1 aromatic rings. The number of amides is 1. The number of fused-ring (bicyclic) bond motifs is 1. The van der Waals surface area contributed by atoms with E-state index in [9.17, 15) is 4.79 Å². The second kappa shape index (κ2) is 5.76. The number of rotatable bonds is 4. The van der Waals surface area contributed by atoms with Gasteiger partial charge in [-0.2, -0.15) is 0 Å². The molecule has 1 aliphatic rings. The largest absolute Gasteiger partial charge is 0.486 e. The lowest BCUT2D eigenvalue weighted by Crippen LogP contribution is -2.30. The van der Waals surface area contributed by atoms with E-state index in [4.69, 9.17) is 9.47 Å². The minimum atomic E-state index is 0.0832. The highest BCUT2D eigenvalue weighted by molar-refractivity contribution is 5.76. The predicted molar refractivity (Wildman–Crippen MR) is 69.0 cm³/mol. The summed E-state index contributed by atoms with van der Waals surface area (Å²) in [6.07, 6.45) is 1.22. The monoisotopic (exact) mass is 249 g/mol. The van der Waals surface area contributed by atoms with Crippen LogP contribution in [0.25, 0.3) is 0 Å². The maximum absolute atomic E-state index is 11.5. The highest BCUT2D eigenvalue weighted by Crippen LogP contribution is 2.30. The molecule has 0 radical (unpaired) electrons. The Kier molecular flexibility index (Phi) is 4.07. The minimum Gasteiger partial charge on any atom is -0.486 e. The lowest BCUT2D eigenvalue weighted by molar-refractivity contribution is -0.121. The Hall–Kier alpha value is -1.71. The molecule has 2 rings (SSSR count). The summed E-state index contributed by atoms with van der Waals surface area (Å²) in [7, 11) is 0. The van der Waals surface area contributed by atoms with Gasteiger partial charge in [-0.05, 0) is 38.0 Å². The topological polar surface area (TPSA) is 47.6 Å². The van der Waals surface area contributed by atoms with Gasteiger partial charge in [-0.15, -0.1) is 0 Å². The van der Waals surface area contributed by atoms with Gasteiger partial charge in [-0.25, -0.2) is 0 Å². The Balaban J connectivity index is 1.92. The second-order valence-electron chi connectivity index (χ2n) is 4.70. The molecule has 1 N–H and O–H groups in total. The van der Waals surface area contributed by atoms with E-state index in [1.807, 2.05) is 32.0 Å². The Morgan fingerprint density at radius 3 is 2.72 bits per heavy atom. The molecular formula is C14H19NO3. The van der Waals surface area contributed by atoms with Crippen molar-refractivity contribution in [1.82, 2.24) is 5.32 Å². The highest BCUT2D eigenvalue weighted by Gasteiger charge is 2.12. The number of aryl methyl sites for hydroxylation is 1. The maximum Gasteiger partial charge on any atom is 0.220 e. The van der Waals surface area contributed by atoms with Crippen molar-refractivity contribution in [3.8, 4) is 11.5 Å². The molecule has 4 heteroatoms. The fourth-order valence-corrected chi connectivity index (χ4v) is 1.90. The van der Waals surface area contributed by atoms with E-state index < -0.39 is 0 Å². The molecule has 0 spiro atoms. The summed E-state index contributed by atoms with van der Waals surface area (Å²) in [5, 5.41) is 2.88. The van der Waals surface area contributed by atoms with E-state index in [1.54, 1.807) is 0 Å². The van der Waals surface area contributed by atoms with Gasteiger partial charge in [0.2, 0.25) is 5.91 Å². The Morgan fingerprint density at radius 1 is 1.28 bits per heavy atom. The van der Waals surface area contributed by atoms with Crippen LogP contribution in [0.15, 0.2) is 18.2 Å². The van der Waals surface area contributed by atoms with E-state index in [0.717, 1.165) is 23.5 Å². The SMILES string of the molecule is CC(C)NC(=O)CCc1ccc2c(c1)OCCO2. The summed E-state index contributed by atoms with van der Waals surface area (Å²) >= 11 is 0. The predicted octanol–water partition coefficient (Wildman–Crippen LogP) is 1.91. The third-order valence-electron chi connectivity index (χ3n) is 2.70. The third kappa shape index (κ3) is 3.39. The van der Waals surface area contributed by atoms with E-state index in [1.165, 1.54) is 0 Å². The van der Waals surface area contributed by atoms with E-state index in [-0.39, 0.29) is 11.9 Å². The normalized spacial score (nSPS) is 13.5. The third-order valence-corrected chi connectivity index (χ3v) is 2.70. The average molecular weight is 249 g/mol. The van der Waals surface area contributed by atoms with Gasteiger partial charge in [-0.1, -0.05) is 6.07 Å². The molecule has 1 aromatic carbocycles. The molecule has 0 atom stereocenters. The number of hydrogen-bond donors (Lipinski definition) is 1. The first-order valence-corrected chi connectivity index (χ1v) is 6.33. The fraction of sp³-hybridized carbons (Fsp3) is 0.500. The molecule has 1 amide bonds. The van der Waals surface area contributed by atoms with Gasteiger partial charge in [0.1, 0.15) is 13.2 Å². The Morgan fingerprint density at radius 2 is 2.00 bits per heavy atom. The van der Waals surface area contributed by atoms with Crippen molar-refractivity contribution in [3.63, 3.8) is 0 Å². The van der Waals surface area contributed by atoms with Gasteiger partial charge < -0.3 is 14.8 Å². The molecule has 18 heavy (non-hydrogen) atoms. The molecule has 0 bridgehead atoms. The van der Waals surface area contributed by atoms with Crippen molar-refractivity contribution >= 4 is 5.91 Å². The van der Waals surface area contributed by atoms with Gasteiger partial charge in [0.25, 0.3) is 0 Å². The van der Waals surface area contributed by atoms with E-state index >= 15 is 0 Å². The van der Waals surface area contributed by atoms with Crippen LogP contribution in [0, 0.1) is 0 Å². The summed E-state index contributed by atoms with van der Waals surface area (Å²) in [6.45, 7) is 5.11. The zero-order valence-electron chi connectivity index (χ0n) is 10.9. The number of nitrogens with one attached hydrogen (secondary N) is 1. The number of ether oxygens (including phenoxy) is 2. The van der Waals surface area contributed by atoms with Gasteiger partial charge in [0.05, 0.1) is 0 Å². The maximum atomic E-state index is 11.5. The molecule has 0 saturated heterocycles. The number of carbonyl (C=O) groups excluding carboxylic acids is 1. The zero-order valence-corrected chi connectivity index (χ0v) is 10.9. The van der Waals surface area contributed by atoms with Crippen molar-refractivity contribution in [2.45, 2.75) is 32.7 Å².